The monoisotopic (exact) mass is 467 g/mol. The van der Waals surface area contributed by atoms with Crippen molar-refractivity contribution in [3.63, 3.8) is 0 Å². The summed E-state index contributed by atoms with van der Waals surface area (Å²) in [4.78, 5) is 18.3. The minimum absolute atomic E-state index is 0.0783. The Morgan fingerprint density at radius 2 is 2.06 bits per heavy atom. The second kappa shape index (κ2) is 12.2. The van der Waals surface area contributed by atoms with Crippen LogP contribution in [0.5, 0.6) is 11.5 Å². The zero-order chi connectivity index (χ0) is 24.4. The van der Waals surface area contributed by atoms with Gasteiger partial charge in [0.25, 0.3) is 5.91 Å². The number of rotatable bonds is 13. The maximum Gasteiger partial charge on any atom is 0.266 e. The Bertz CT molecular complexity index is 992. The molecule has 2 aromatic rings. The molecule has 8 nitrogen and oxygen atoms in total. The smallest absolute Gasteiger partial charge is 0.266 e. The van der Waals surface area contributed by atoms with E-state index in [1.807, 2.05) is 55.5 Å². The van der Waals surface area contributed by atoms with Crippen LogP contribution in [0.15, 0.2) is 66.2 Å². The maximum absolute atomic E-state index is 13.5. The molecule has 0 aliphatic carbocycles. The predicted molar refractivity (Wildman–Crippen MR) is 131 cm³/mol. The Morgan fingerprint density at radius 1 is 1.26 bits per heavy atom. The first-order valence-electron chi connectivity index (χ1n) is 11.5. The number of nitrogens with one attached hydrogen (secondary N) is 2. The molecule has 0 aromatic heterocycles. The van der Waals surface area contributed by atoms with Crippen LogP contribution in [0.3, 0.4) is 0 Å². The zero-order valence-corrected chi connectivity index (χ0v) is 19.8. The summed E-state index contributed by atoms with van der Waals surface area (Å²) in [5.74, 6) is 1.41. The van der Waals surface area contributed by atoms with Gasteiger partial charge in [0.15, 0.2) is 11.6 Å². The second-order valence-electron chi connectivity index (χ2n) is 7.94. The van der Waals surface area contributed by atoms with Gasteiger partial charge in [0, 0.05) is 31.6 Å². The van der Waals surface area contributed by atoms with Crippen LogP contribution in [0.25, 0.3) is 0 Å². The molecule has 0 bridgehead atoms. The average molecular weight is 468 g/mol. The standard InChI is InChI=1S/C26H33N3O5/c1-4-14-26(25(31)29-27-15-5-2)23(20-8-6-9-22(18-20)32-3)34-24(28-26)19-10-12-21(13-11-19)33-17-7-16-30/h4,6,8-13,18,23,27,30H,1,5,7,14-17H2,2-3H3,(H,29,31)/t23-,26-/m0/s1. The lowest BCUT2D eigenvalue weighted by Gasteiger charge is -2.29. The number of aliphatic hydroxyl groups is 1. The quantitative estimate of drug-likeness (QED) is 0.237. The third kappa shape index (κ3) is 5.76. The Labute approximate surface area is 200 Å². The van der Waals surface area contributed by atoms with E-state index in [1.165, 1.54) is 0 Å². The lowest BCUT2D eigenvalue weighted by Crippen LogP contribution is -2.52. The molecule has 34 heavy (non-hydrogen) atoms. The molecule has 0 fully saturated rings. The molecular weight excluding hydrogens is 434 g/mol. The molecule has 8 heteroatoms. The molecule has 3 N–H and O–H groups in total. The maximum atomic E-state index is 13.5. The molecule has 1 aliphatic heterocycles. The number of aliphatic imine (C=N–C) groups is 1. The molecule has 0 saturated carbocycles. The van der Waals surface area contributed by atoms with E-state index >= 15 is 0 Å². The van der Waals surface area contributed by atoms with Crippen molar-refractivity contribution < 1.29 is 24.1 Å². The molecule has 0 spiro atoms. The molecule has 1 amide bonds. The van der Waals surface area contributed by atoms with E-state index in [4.69, 9.17) is 24.3 Å². The lowest BCUT2D eigenvalue weighted by molar-refractivity contribution is -0.129. The summed E-state index contributed by atoms with van der Waals surface area (Å²) in [5.41, 5.74) is 6.00. The highest BCUT2D eigenvalue weighted by molar-refractivity contribution is 6.01. The molecule has 0 radical (unpaired) electrons. The number of carbonyl (C=O) groups excluding carboxylic acids is 1. The molecule has 182 valence electrons. The number of aliphatic hydroxyl groups excluding tert-OH is 1. The minimum Gasteiger partial charge on any atom is -0.497 e. The van der Waals surface area contributed by atoms with Gasteiger partial charge >= 0.3 is 0 Å². The van der Waals surface area contributed by atoms with Crippen LogP contribution in [0.1, 0.15) is 43.4 Å². The van der Waals surface area contributed by atoms with E-state index in [-0.39, 0.29) is 18.9 Å². The van der Waals surface area contributed by atoms with Crippen molar-refractivity contribution in [2.45, 2.75) is 37.8 Å². The molecule has 0 unspecified atom stereocenters. The fraction of sp³-hybridized carbons (Fsp3) is 0.385. The fourth-order valence-corrected chi connectivity index (χ4v) is 3.72. The van der Waals surface area contributed by atoms with Gasteiger partial charge in [-0.2, -0.15) is 0 Å². The summed E-state index contributed by atoms with van der Waals surface area (Å²) >= 11 is 0. The predicted octanol–water partition coefficient (Wildman–Crippen LogP) is 3.32. The van der Waals surface area contributed by atoms with Crippen LogP contribution in [0.4, 0.5) is 0 Å². The highest BCUT2D eigenvalue weighted by Gasteiger charge is 2.52. The van der Waals surface area contributed by atoms with Gasteiger partial charge in [0.1, 0.15) is 11.5 Å². The number of ether oxygens (including phenoxy) is 3. The van der Waals surface area contributed by atoms with Crippen molar-refractivity contribution in [3.05, 3.63) is 72.3 Å². The zero-order valence-electron chi connectivity index (χ0n) is 19.8. The van der Waals surface area contributed by atoms with Crippen LogP contribution in [0, 0.1) is 0 Å². The largest absolute Gasteiger partial charge is 0.497 e. The first-order chi connectivity index (χ1) is 16.6. The third-order valence-electron chi connectivity index (χ3n) is 5.46. The van der Waals surface area contributed by atoms with Gasteiger partial charge in [0.2, 0.25) is 5.90 Å². The second-order valence-corrected chi connectivity index (χ2v) is 7.94. The lowest BCUT2D eigenvalue weighted by atomic mass is 9.84. The number of hydrazine groups is 1. The number of nitrogens with zero attached hydrogens (tertiary/aromatic N) is 1. The van der Waals surface area contributed by atoms with Crippen molar-refractivity contribution in [2.75, 3.05) is 26.9 Å². The van der Waals surface area contributed by atoms with Gasteiger partial charge in [-0.05, 0) is 48.4 Å². The van der Waals surface area contributed by atoms with E-state index in [1.54, 1.807) is 13.2 Å². The summed E-state index contributed by atoms with van der Waals surface area (Å²) in [6, 6.07) is 14.8. The number of methoxy groups -OCH3 is 1. The van der Waals surface area contributed by atoms with Gasteiger partial charge < -0.3 is 19.3 Å². The third-order valence-corrected chi connectivity index (χ3v) is 5.46. The van der Waals surface area contributed by atoms with E-state index in [0.717, 1.165) is 17.5 Å². The van der Waals surface area contributed by atoms with Crippen molar-refractivity contribution in [1.29, 1.82) is 0 Å². The summed E-state index contributed by atoms with van der Waals surface area (Å²) < 4.78 is 17.4. The summed E-state index contributed by atoms with van der Waals surface area (Å²) in [5, 5.41) is 8.93. The van der Waals surface area contributed by atoms with Gasteiger partial charge in [-0.15, -0.1) is 6.58 Å². The van der Waals surface area contributed by atoms with Gasteiger partial charge in [-0.1, -0.05) is 25.1 Å². The minimum atomic E-state index is -1.25. The van der Waals surface area contributed by atoms with Gasteiger partial charge in [0.05, 0.1) is 13.7 Å². The summed E-state index contributed by atoms with van der Waals surface area (Å²) in [6.07, 6.45) is 2.71. The first-order valence-corrected chi connectivity index (χ1v) is 11.5. The van der Waals surface area contributed by atoms with Crippen molar-refractivity contribution in [2.24, 2.45) is 4.99 Å². The number of amides is 1. The van der Waals surface area contributed by atoms with E-state index in [2.05, 4.69) is 17.4 Å². The van der Waals surface area contributed by atoms with Crippen LogP contribution in [-0.4, -0.2) is 49.3 Å². The Balaban J connectivity index is 1.97. The van der Waals surface area contributed by atoms with Crippen LogP contribution >= 0.6 is 0 Å². The molecule has 1 aliphatic rings. The number of carbonyl (C=O) groups is 1. The van der Waals surface area contributed by atoms with Crippen LogP contribution in [0.2, 0.25) is 0 Å². The average Bonchev–Trinajstić information content (AvgIpc) is 3.25. The number of hydrogen-bond acceptors (Lipinski definition) is 7. The van der Waals surface area contributed by atoms with Crippen LogP contribution in [-0.2, 0) is 9.53 Å². The number of benzene rings is 2. The molecular formula is C26H33N3O5. The molecule has 3 rings (SSSR count). The highest BCUT2D eigenvalue weighted by atomic mass is 16.5. The van der Waals surface area contributed by atoms with E-state index in [9.17, 15) is 4.79 Å². The normalized spacial score (nSPS) is 19.1. The Hall–Kier alpha value is -3.36. The van der Waals surface area contributed by atoms with Crippen LogP contribution < -0.4 is 20.3 Å². The molecule has 2 aromatic carbocycles. The Morgan fingerprint density at radius 3 is 2.74 bits per heavy atom. The topological polar surface area (TPSA) is 101 Å². The van der Waals surface area contributed by atoms with Crippen molar-refractivity contribution >= 4 is 11.8 Å². The molecule has 0 saturated heterocycles. The van der Waals surface area contributed by atoms with E-state index in [0.29, 0.717) is 37.0 Å². The summed E-state index contributed by atoms with van der Waals surface area (Å²) in [7, 11) is 1.60. The van der Waals surface area contributed by atoms with Gasteiger partial charge in [-0.25, -0.2) is 10.4 Å². The summed E-state index contributed by atoms with van der Waals surface area (Å²) in [6.45, 7) is 7.03. The Kier molecular flexibility index (Phi) is 9.07. The van der Waals surface area contributed by atoms with Crippen molar-refractivity contribution in [1.82, 2.24) is 10.9 Å². The fourth-order valence-electron chi connectivity index (χ4n) is 3.72. The first kappa shape index (κ1) is 25.3. The van der Waals surface area contributed by atoms with E-state index < -0.39 is 11.6 Å². The number of hydrogen-bond donors (Lipinski definition) is 3. The SMILES string of the molecule is C=CC[C@]1(C(=O)NNCCC)N=C(c2ccc(OCCCO)cc2)O[C@H]1c1cccc(OC)c1. The molecule has 1 heterocycles. The highest BCUT2D eigenvalue weighted by Crippen LogP contribution is 2.43. The van der Waals surface area contributed by atoms with Crippen molar-refractivity contribution in [3.8, 4) is 11.5 Å². The molecule has 2 atom stereocenters. The van der Waals surface area contributed by atoms with Gasteiger partial charge in [-0.3, -0.25) is 10.2 Å².